The summed E-state index contributed by atoms with van der Waals surface area (Å²) in [6.07, 6.45) is 0. The summed E-state index contributed by atoms with van der Waals surface area (Å²) in [5, 5.41) is 8.83. The first-order valence-electron chi connectivity index (χ1n) is 7.06. The first-order valence-corrected chi connectivity index (χ1v) is 7.06. The average molecular weight is 275 g/mol. The van der Waals surface area contributed by atoms with E-state index in [1.807, 2.05) is 18.2 Å². The molecule has 0 fully saturated rings. The minimum Gasteiger partial charge on any atom is -0.384 e. The SMILES string of the molecule is COCCN(Cc1ccccc1C#CCO)CC(C)C. The predicted molar refractivity (Wildman–Crippen MR) is 82.4 cm³/mol. The van der Waals surface area contributed by atoms with E-state index in [4.69, 9.17) is 9.84 Å². The molecule has 0 atom stereocenters. The molecule has 0 radical (unpaired) electrons. The van der Waals surface area contributed by atoms with Crippen LogP contribution in [-0.4, -0.2) is 43.4 Å². The minimum atomic E-state index is -0.103. The Morgan fingerprint density at radius 1 is 1.30 bits per heavy atom. The van der Waals surface area contributed by atoms with Crippen molar-refractivity contribution < 1.29 is 9.84 Å². The van der Waals surface area contributed by atoms with Gasteiger partial charge in [0.2, 0.25) is 0 Å². The first kappa shape index (κ1) is 16.7. The van der Waals surface area contributed by atoms with Crippen LogP contribution in [0.15, 0.2) is 24.3 Å². The van der Waals surface area contributed by atoms with E-state index in [-0.39, 0.29) is 6.61 Å². The Hall–Kier alpha value is -1.34. The molecule has 3 heteroatoms. The lowest BCUT2D eigenvalue weighted by molar-refractivity contribution is 0.136. The minimum absolute atomic E-state index is 0.103. The molecule has 0 bridgehead atoms. The number of hydrogen-bond acceptors (Lipinski definition) is 3. The van der Waals surface area contributed by atoms with E-state index in [0.717, 1.165) is 31.8 Å². The molecule has 20 heavy (non-hydrogen) atoms. The van der Waals surface area contributed by atoms with E-state index >= 15 is 0 Å². The summed E-state index contributed by atoms with van der Waals surface area (Å²) in [5.74, 6) is 6.36. The zero-order valence-electron chi connectivity index (χ0n) is 12.7. The van der Waals surface area contributed by atoms with Gasteiger partial charge < -0.3 is 9.84 Å². The third kappa shape index (κ3) is 6.21. The lowest BCUT2D eigenvalue weighted by Crippen LogP contribution is -2.30. The molecule has 110 valence electrons. The molecule has 3 nitrogen and oxygen atoms in total. The normalized spacial score (nSPS) is 10.7. The second kappa shape index (κ2) is 9.55. The highest BCUT2D eigenvalue weighted by atomic mass is 16.5. The van der Waals surface area contributed by atoms with Crippen LogP contribution in [0.25, 0.3) is 0 Å². The Balaban J connectivity index is 2.81. The molecule has 0 aliphatic heterocycles. The van der Waals surface area contributed by atoms with Gasteiger partial charge in [0.05, 0.1) is 6.61 Å². The van der Waals surface area contributed by atoms with Crippen LogP contribution < -0.4 is 0 Å². The van der Waals surface area contributed by atoms with Gasteiger partial charge in [0.15, 0.2) is 0 Å². The maximum Gasteiger partial charge on any atom is 0.104 e. The lowest BCUT2D eigenvalue weighted by Gasteiger charge is -2.24. The number of nitrogens with zero attached hydrogens (tertiary/aromatic N) is 1. The van der Waals surface area contributed by atoms with E-state index in [2.05, 4.69) is 36.7 Å². The highest BCUT2D eigenvalue weighted by Gasteiger charge is 2.10. The van der Waals surface area contributed by atoms with Crippen LogP contribution in [0.1, 0.15) is 25.0 Å². The third-order valence-corrected chi connectivity index (χ3v) is 2.95. The van der Waals surface area contributed by atoms with Crippen molar-refractivity contribution in [2.75, 3.05) is 33.4 Å². The zero-order valence-corrected chi connectivity index (χ0v) is 12.7. The fourth-order valence-corrected chi connectivity index (χ4v) is 2.13. The van der Waals surface area contributed by atoms with Gasteiger partial charge in [-0.05, 0) is 17.5 Å². The zero-order chi connectivity index (χ0) is 14.8. The van der Waals surface area contributed by atoms with Gasteiger partial charge in [0.1, 0.15) is 6.61 Å². The monoisotopic (exact) mass is 275 g/mol. The first-order chi connectivity index (χ1) is 9.67. The van der Waals surface area contributed by atoms with Gasteiger partial charge in [-0.2, -0.15) is 0 Å². The van der Waals surface area contributed by atoms with Gasteiger partial charge in [0, 0.05) is 32.3 Å². The lowest BCUT2D eigenvalue weighted by atomic mass is 10.1. The van der Waals surface area contributed by atoms with Crippen molar-refractivity contribution in [3.8, 4) is 11.8 Å². The molecule has 0 aliphatic rings. The van der Waals surface area contributed by atoms with Gasteiger partial charge in [-0.1, -0.05) is 43.9 Å². The highest BCUT2D eigenvalue weighted by Crippen LogP contribution is 2.12. The molecule has 0 saturated heterocycles. The van der Waals surface area contributed by atoms with Crippen LogP contribution >= 0.6 is 0 Å². The summed E-state index contributed by atoms with van der Waals surface area (Å²) >= 11 is 0. The second-order valence-corrected chi connectivity index (χ2v) is 5.24. The van der Waals surface area contributed by atoms with Crippen molar-refractivity contribution in [2.24, 2.45) is 5.92 Å². The van der Waals surface area contributed by atoms with Crippen LogP contribution in [-0.2, 0) is 11.3 Å². The highest BCUT2D eigenvalue weighted by molar-refractivity contribution is 5.41. The van der Waals surface area contributed by atoms with Gasteiger partial charge >= 0.3 is 0 Å². The summed E-state index contributed by atoms with van der Waals surface area (Å²) < 4.78 is 5.18. The fourth-order valence-electron chi connectivity index (χ4n) is 2.13. The van der Waals surface area contributed by atoms with Crippen molar-refractivity contribution >= 4 is 0 Å². The molecule has 1 N–H and O–H groups in total. The molecule has 0 amide bonds. The molecule has 1 aromatic rings. The summed E-state index contributed by atoms with van der Waals surface area (Å²) in [4.78, 5) is 2.38. The number of ether oxygens (including phenoxy) is 1. The maximum absolute atomic E-state index is 8.83. The average Bonchev–Trinajstić information content (AvgIpc) is 2.43. The van der Waals surface area contributed by atoms with E-state index < -0.39 is 0 Å². The van der Waals surface area contributed by atoms with Crippen molar-refractivity contribution in [3.05, 3.63) is 35.4 Å². The van der Waals surface area contributed by atoms with E-state index in [1.165, 1.54) is 5.56 Å². The second-order valence-electron chi connectivity index (χ2n) is 5.24. The van der Waals surface area contributed by atoms with Crippen LogP contribution in [0.3, 0.4) is 0 Å². The van der Waals surface area contributed by atoms with Crippen LogP contribution in [0.2, 0.25) is 0 Å². The molecule has 1 rings (SSSR count). The molecule has 0 aromatic heterocycles. The molecule has 0 aliphatic carbocycles. The molecule has 0 saturated carbocycles. The predicted octanol–water partition coefficient (Wildman–Crippen LogP) is 2.13. The van der Waals surface area contributed by atoms with E-state index in [0.29, 0.717) is 5.92 Å². The Morgan fingerprint density at radius 3 is 2.70 bits per heavy atom. The van der Waals surface area contributed by atoms with Gasteiger partial charge in [-0.3, -0.25) is 4.90 Å². The van der Waals surface area contributed by atoms with Crippen molar-refractivity contribution in [3.63, 3.8) is 0 Å². The number of methoxy groups -OCH3 is 1. The Bertz CT molecular complexity index is 446. The van der Waals surface area contributed by atoms with E-state index in [9.17, 15) is 0 Å². The number of aliphatic hydroxyl groups excluding tert-OH is 1. The quantitative estimate of drug-likeness (QED) is 0.774. The standard InChI is InChI=1S/C17H25NO2/c1-15(2)13-18(10-12-20-3)14-17-8-5-4-7-16(17)9-6-11-19/h4-5,7-8,15,19H,10-14H2,1-3H3. The Kier molecular flexibility index (Phi) is 7.98. The van der Waals surface area contributed by atoms with Crippen molar-refractivity contribution in [1.29, 1.82) is 0 Å². The Labute approximate surface area is 122 Å². The van der Waals surface area contributed by atoms with Crippen LogP contribution in [0, 0.1) is 17.8 Å². The van der Waals surface area contributed by atoms with Gasteiger partial charge in [-0.15, -0.1) is 0 Å². The summed E-state index contributed by atoms with van der Waals surface area (Å²) in [6, 6.07) is 8.11. The van der Waals surface area contributed by atoms with Crippen molar-refractivity contribution in [2.45, 2.75) is 20.4 Å². The Morgan fingerprint density at radius 2 is 2.05 bits per heavy atom. The number of hydrogen-bond donors (Lipinski definition) is 1. The number of benzene rings is 1. The molecule has 0 unspecified atom stereocenters. The number of rotatable bonds is 7. The molecular weight excluding hydrogens is 250 g/mol. The fraction of sp³-hybridized carbons (Fsp3) is 0.529. The van der Waals surface area contributed by atoms with Crippen molar-refractivity contribution in [1.82, 2.24) is 4.90 Å². The maximum atomic E-state index is 8.83. The van der Waals surface area contributed by atoms with Crippen LogP contribution in [0.5, 0.6) is 0 Å². The third-order valence-electron chi connectivity index (χ3n) is 2.95. The van der Waals surface area contributed by atoms with E-state index in [1.54, 1.807) is 7.11 Å². The topological polar surface area (TPSA) is 32.7 Å². The smallest absolute Gasteiger partial charge is 0.104 e. The summed E-state index contributed by atoms with van der Waals surface area (Å²) in [5.41, 5.74) is 2.19. The number of aliphatic hydroxyl groups is 1. The molecule has 0 heterocycles. The molecule has 0 spiro atoms. The largest absolute Gasteiger partial charge is 0.384 e. The molecular formula is C17H25NO2. The van der Waals surface area contributed by atoms with Gasteiger partial charge in [0.25, 0.3) is 0 Å². The van der Waals surface area contributed by atoms with Gasteiger partial charge in [-0.25, -0.2) is 0 Å². The molecule has 1 aromatic carbocycles. The summed E-state index contributed by atoms with van der Waals surface area (Å²) in [6.45, 7) is 7.87. The van der Waals surface area contributed by atoms with Crippen LogP contribution in [0.4, 0.5) is 0 Å². The summed E-state index contributed by atoms with van der Waals surface area (Å²) in [7, 11) is 1.73.